The first-order valence-electron chi connectivity index (χ1n) is 5.96. The smallest absolute Gasteiger partial charge is 0.408 e. The van der Waals surface area contributed by atoms with Crippen LogP contribution >= 0.6 is 22.6 Å². The summed E-state index contributed by atoms with van der Waals surface area (Å²) in [6.45, 7) is 6.08. The highest BCUT2D eigenvalue weighted by Gasteiger charge is 2.34. The third-order valence-corrected chi connectivity index (χ3v) is 3.50. The molecule has 1 saturated heterocycles. The number of nitrogens with one attached hydrogen (secondary N) is 1. The van der Waals surface area contributed by atoms with Crippen LogP contribution in [0, 0.1) is 0 Å². The molecule has 16 heavy (non-hydrogen) atoms. The fraction of sp³-hybridized carbons (Fsp3) is 0.750. The van der Waals surface area contributed by atoms with Gasteiger partial charge in [0, 0.05) is 3.58 Å². The molecule has 0 radical (unpaired) electrons. The van der Waals surface area contributed by atoms with Crippen LogP contribution in [-0.2, 0) is 4.74 Å². The SMILES string of the molecule is C=C(I)[C@@H]1NC(=O)O[C@H]1CCCCCCC. The maximum atomic E-state index is 11.1. The molecule has 0 aromatic rings. The van der Waals surface area contributed by atoms with E-state index in [0.29, 0.717) is 0 Å². The van der Waals surface area contributed by atoms with E-state index in [4.69, 9.17) is 4.74 Å². The molecule has 0 bridgehead atoms. The van der Waals surface area contributed by atoms with E-state index < -0.39 is 0 Å². The quantitative estimate of drug-likeness (QED) is 0.567. The largest absolute Gasteiger partial charge is 0.444 e. The molecule has 0 saturated carbocycles. The highest BCUT2D eigenvalue weighted by Crippen LogP contribution is 2.24. The van der Waals surface area contributed by atoms with E-state index in [2.05, 4.69) is 41.4 Å². The topological polar surface area (TPSA) is 38.3 Å². The molecule has 0 aromatic heterocycles. The summed E-state index contributed by atoms with van der Waals surface area (Å²) in [4.78, 5) is 11.1. The molecule has 0 aliphatic carbocycles. The third-order valence-electron chi connectivity index (χ3n) is 2.83. The van der Waals surface area contributed by atoms with Crippen LogP contribution in [0.15, 0.2) is 10.2 Å². The van der Waals surface area contributed by atoms with Gasteiger partial charge in [-0.25, -0.2) is 4.79 Å². The van der Waals surface area contributed by atoms with Crippen molar-refractivity contribution in [1.29, 1.82) is 0 Å². The second kappa shape index (κ2) is 7.14. The molecule has 4 heteroatoms. The Kier molecular flexibility index (Phi) is 6.16. The Bertz CT molecular complexity index is 255. The summed E-state index contributed by atoms with van der Waals surface area (Å²) < 4.78 is 6.17. The van der Waals surface area contributed by atoms with E-state index in [9.17, 15) is 4.79 Å². The summed E-state index contributed by atoms with van der Waals surface area (Å²) in [5, 5.41) is 2.79. The number of halogens is 1. The van der Waals surface area contributed by atoms with Crippen LogP contribution in [0.4, 0.5) is 4.79 Å². The Morgan fingerprint density at radius 3 is 2.75 bits per heavy atom. The summed E-state index contributed by atoms with van der Waals surface area (Å²) >= 11 is 2.15. The minimum atomic E-state index is -0.304. The van der Waals surface area contributed by atoms with Crippen molar-refractivity contribution in [3.63, 3.8) is 0 Å². The van der Waals surface area contributed by atoms with Gasteiger partial charge >= 0.3 is 6.09 Å². The Labute approximate surface area is 111 Å². The standard InChI is InChI=1S/C12H20INO2/c1-3-4-5-6-7-8-10-11(9(2)13)14-12(15)16-10/h10-11H,2-8H2,1H3,(H,14,15)/t10-,11-/m0/s1. The zero-order valence-corrected chi connectivity index (χ0v) is 12.0. The van der Waals surface area contributed by atoms with Gasteiger partial charge in [0.1, 0.15) is 6.10 Å². The fourth-order valence-corrected chi connectivity index (χ4v) is 2.47. The zero-order valence-electron chi connectivity index (χ0n) is 9.80. The molecular formula is C12H20INO2. The summed E-state index contributed by atoms with van der Waals surface area (Å²) in [6, 6.07) is -0.000671. The van der Waals surface area contributed by atoms with Crippen LogP contribution in [0.2, 0.25) is 0 Å². The molecule has 0 unspecified atom stereocenters. The Balaban J connectivity index is 2.24. The van der Waals surface area contributed by atoms with Gasteiger partial charge in [0.05, 0.1) is 6.04 Å². The second-order valence-corrected chi connectivity index (χ2v) is 5.60. The van der Waals surface area contributed by atoms with Gasteiger partial charge in [-0.3, -0.25) is 0 Å². The number of carbonyl (C=O) groups excluding carboxylic acids is 1. The number of rotatable bonds is 7. The lowest BCUT2D eigenvalue weighted by atomic mass is 10.0. The average molecular weight is 337 g/mol. The van der Waals surface area contributed by atoms with Gasteiger partial charge < -0.3 is 10.1 Å². The molecule has 0 spiro atoms. The number of unbranched alkanes of at least 4 members (excludes halogenated alkanes) is 4. The van der Waals surface area contributed by atoms with Crippen molar-refractivity contribution in [1.82, 2.24) is 5.32 Å². The average Bonchev–Trinajstić information content (AvgIpc) is 2.59. The number of alkyl carbamates (subject to hydrolysis) is 1. The van der Waals surface area contributed by atoms with Crippen molar-refractivity contribution in [2.24, 2.45) is 0 Å². The molecule has 1 fully saturated rings. The third kappa shape index (κ3) is 4.31. The van der Waals surface area contributed by atoms with Crippen molar-refractivity contribution in [2.45, 2.75) is 57.6 Å². The molecule has 92 valence electrons. The van der Waals surface area contributed by atoms with Gasteiger partial charge in [0.15, 0.2) is 0 Å². The predicted molar refractivity (Wildman–Crippen MR) is 73.7 cm³/mol. The van der Waals surface area contributed by atoms with E-state index in [1.165, 1.54) is 25.7 Å². The molecule has 1 aliphatic heterocycles. The number of hydrogen-bond acceptors (Lipinski definition) is 2. The Morgan fingerprint density at radius 1 is 1.44 bits per heavy atom. The molecule has 1 amide bonds. The van der Waals surface area contributed by atoms with Crippen molar-refractivity contribution in [2.75, 3.05) is 0 Å². The number of ether oxygens (including phenoxy) is 1. The summed E-state index contributed by atoms with van der Waals surface area (Å²) in [7, 11) is 0. The molecule has 1 heterocycles. The van der Waals surface area contributed by atoms with Gasteiger partial charge in [-0.2, -0.15) is 0 Å². The predicted octanol–water partition coefficient (Wildman–Crippen LogP) is 3.77. The monoisotopic (exact) mass is 337 g/mol. The highest BCUT2D eigenvalue weighted by atomic mass is 127. The van der Waals surface area contributed by atoms with Gasteiger partial charge in [0.2, 0.25) is 0 Å². The molecule has 1 rings (SSSR count). The summed E-state index contributed by atoms with van der Waals surface area (Å²) in [6.07, 6.45) is 6.80. The van der Waals surface area contributed by atoms with Crippen LogP contribution in [0.5, 0.6) is 0 Å². The molecule has 2 atom stereocenters. The number of cyclic esters (lactones) is 1. The molecule has 3 nitrogen and oxygen atoms in total. The van der Waals surface area contributed by atoms with Gasteiger partial charge in [0.25, 0.3) is 0 Å². The first-order chi connectivity index (χ1) is 7.65. The highest BCUT2D eigenvalue weighted by molar-refractivity contribution is 14.1. The van der Waals surface area contributed by atoms with Crippen molar-refractivity contribution in [3.05, 3.63) is 10.2 Å². The Hall–Kier alpha value is -0.260. The van der Waals surface area contributed by atoms with E-state index in [1.807, 2.05) is 0 Å². The first kappa shape index (κ1) is 13.8. The molecule has 1 aliphatic rings. The van der Waals surface area contributed by atoms with E-state index in [-0.39, 0.29) is 18.2 Å². The van der Waals surface area contributed by atoms with E-state index in [0.717, 1.165) is 16.4 Å². The number of carbonyl (C=O) groups is 1. The zero-order chi connectivity index (χ0) is 12.0. The van der Waals surface area contributed by atoms with Crippen LogP contribution in [0.25, 0.3) is 0 Å². The van der Waals surface area contributed by atoms with Gasteiger partial charge in [-0.15, -0.1) is 0 Å². The maximum absolute atomic E-state index is 11.1. The minimum Gasteiger partial charge on any atom is -0.444 e. The number of amides is 1. The fourth-order valence-electron chi connectivity index (χ4n) is 1.91. The van der Waals surface area contributed by atoms with Crippen LogP contribution in [0.1, 0.15) is 45.4 Å². The lowest BCUT2D eigenvalue weighted by Gasteiger charge is -2.15. The van der Waals surface area contributed by atoms with Crippen molar-refractivity contribution in [3.8, 4) is 0 Å². The normalized spacial score (nSPS) is 24.0. The van der Waals surface area contributed by atoms with Crippen molar-refractivity contribution >= 4 is 28.7 Å². The summed E-state index contributed by atoms with van der Waals surface area (Å²) in [5.74, 6) is 0. The van der Waals surface area contributed by atoms with Crippen molar-refractivity contribution < 1.29 is 9.53 Å². The lowest BCUT2D eigenvalue weighted by molar-refractivity contribution is 0.128. The maximum Gasteiger partial charge on any atom is 0.408 e. The number of hydrogen-bond donors (Lipinski definition) is 1. The first-order valence-corrected chi connectivity index (χ1v) is 7.04. The second-order valence-electron chi connectivity index (χ2n) is 4.22. The minimum absolute atomic E-state index is 0.000671. The molecule has 1 N–H and O–H groups in total. The van der Waals surface area contributed by atoms with Gasteiger partial charge in [-0.1, -0.05) is 39.2 Å². The van der Waals surface area contributed by atoms with Crippen LogP contribution in [0.3, 0.4) is 0 Å². The Morgan fingerprint density at radius 2 is 2.12 bits per heavy atom. The van der Waals surface area contributed by atoms with Gasteiger partial charge in [-0.05, 0) is 35.4 Å². The molecule has 0 aromatic carbocycles. The lowest BCUT2D eigenvalue weighted by Crippen LogP contribution is -2.31. The molecular weight excluding hydrogens is 317 g/mol. The van der Waals surface area contributed by atoms with E-state index >= 15 is 0 Å². The summed E-state index contributed by atoms with van der Waals surface area (Å²) in [5.41, 5.74) is 0. The van der Waals surface area contributed by atoms with E-state index in [1.54, 1.807) is 0 Å². The van der Waals surface area contributed by atoms with Crippen LogP contribution < -0.4 is 5.32 Å². The van der Waals surface area contributed by atoms with Crippen LogP contribution in [-0.4, -0.2) is 18.2 Å².